The van der Waals surface area contributed by atoms with Gasteiger partial charge in [-0.05, 0) is 19.4 Å². The maximum atomic E-state index is 3.80. The Morgan fingerprint density at radius 2 is 2.00 bits per heavy atom. The second-order valence-electron chi connectivity index (χ2n) is 1.65. The van der Waals surface area contributed by atoms with Gasteiger partial charge in [-0.1, -0.05) is 27.4 Å². The van der Waals surface area contributed by atoms with Crippen molar-refractivity contribution in [2.45, 2.75) is 34.1 Å². The third-order valence-electron chi connectivity index (χ3n) is 0.775. The van der Waals surface area contributed by atoms with Crippen LogP contribution in [0.5, 0.6) is 0 Å². The van der Waals surface area contributed by atoms with Gasteiger partial charge in [0.05, 0.1) is 5.71 Å². The van der Waals surface area contributed by atoms with Gasteiger partial charge in [-0.25, -0.2) is 0 Å². The van der Waals surface area contributed by atoms with E-state index >= 15 is 0 Å². The van der Waals surface area contributed by atoms with Gasteiger partial charge in [-0.3, -0.25) is 0 Å². The van der Waals surface area contributed by atoms with E-state index in [1.54, 1.807) is 12.3 Å². The van der Waals surface area contributed by atoms with Crippen molar-refractivity contribution >= 4 is 11.9 Å². The van der Waals surface area contributed by atoms with Crippen LogP contribution in [0.2, 0.25) is 0 Å². The maximum Gasteiger partial charge on any atom is 0.0593 e. The summed E-state index contributed by atoms with van der Waals surface area (Å²) in [4.78, 5) is 0. The summed E-state index contributed by atoms with van der Waals surface area (Å²) in [7, 11) is 0. The number of allylic oxidation sites excluding steroid dienone is 1. The molecule has 0 aromatic rings. The fraction of sp³-hybridized carbons (Fsp3) is 0.556. The molecule has 64 valence electrons. The van der Waals surface area contributed by atoms with Gasteiger partial charge in [0.25, 0.3) is 0 Å². The zero-order chi connectivity index (χ0) is 9.11. The van der Waals surface area contributed by atoms with Crippen LogP contribution in [0.15, 0.2) is 22.9 Å². The Morgan fingerprint density at radius 3 is 2.36 bits per heavy atom. The van der Waals surface area contributed by atoms with Gasteiger partial charge in [0.2, 0.25) is 0 Å². The van der Waals surface area contributed by atoms with Crippen molar-refractivity contribution in [3.8, 4) is 0 Å². The van der Waals surface area contributed by atoms with Crippen LogP contribution in [0, 0.1) is 0 Å². The summed E-state index contributed by atoms with van der Waals surface area (Å²) < 4.78 is 0. The molecule has 2 nitrogen and oxygen atoms in total. The second kappa shape index (κ2) is 11.8. The standard InChI is InChI=1S/C7H12N2.C2H6/c1-4-6-8-9-7(3)5-2;1-2/h5-6H,2,4H2,1,3H3;1-2H3/b8-6-,9-7-;. The molecule has 0 heterocycles. The molecular weight excluding hydrogens is 136 g/mol. The molecule has 11 heavy (non-hydrogen) atoms. The van der Waals surface area contributed by atoms with E-state index < -0.39 is 0 Å². The summed E-state index contributed by atoms with van der Waals surface area (Å²) in [6.07, 6.45) is 4.36. The molecule has 0 unspecified atom stereocenters. The first kappa shape index (κ1) is 12.7. The minimum Gasteiger partial charge on any atom is -0.163 e. The zero-order valence-electron chi connectivity index (χ0n) is 7.96. The summed E-state index contributed by atoms with van der Waals surface area (Å²) >= 11 is 0. The van der Waals surface area contributed by atoms with Crippen LogP contribution >= 0.6 is 0 Å². The lowest BCUT2D eigenvalue weighted by atomic mass is 10.4. The van der Waals surface area contributed by atoms with Crippen molar-refractivity contribution in [3.05, 3.63) is 12.7 Å². The first-order chi connectivity index (χ1) is 5.31. The highest BCUT2D eigenvalue weighted by atomic mass is 15.2. The van der Waals surface area contributed by atoms with Crippen LogP contribution in [-0.4, -0.2) is 11.9 Å². The maximum absolute atomic E-state index is 3.80. The molecule has 0 rings (SSSR count). The summed E-state index contributed by atoms with van der Waals surface area (Å²) in [5.74, 6) is 0. The summed E-state index contributed by atoms with van der Waals surface area (Å²) in [5.41, 5.74) is 0.847. The number of rotatable bonds is 3. The van der Waals surface area contributed by atoms with E-state index in [0.29, 0.717) is 0 Å². The molecule has 0 radical (unpaired) electrons. The van der Waals surface area contributed by atoms with Crippen LogP contribution in [0.25, 0.3) is 0 Å². The molecule has 0 bridgehead atoms. The smallest absolute Gasteiger partial charge is 0.0593 e. The Labute approximate surface area is 69.7 Å². The number of nitrogens with zero attached hydrogens (tertiary/aromatic N) is 2. The Balaban J connectivity index is 0. The van der Waals surface area contributed by atoms with Crippen molar-refractivity contribution < 1.29 is 0 Å². The molecule has 0 spiro atoms. The van der Waals surface area contributed by atoms with Crippen LogP contribution in [0.1, 0.15) is 34.1 Å². The van der Waals surface area contributed by atoms with Crippen LogP contribution in [0.3, 0.4) is 0 Å². The molecular formula is C9H18N2. The van der Waals surface area contributed by atoms with E-state index in [-0.39, 0.29) is 0 Å². The quantitative estimate of drug-likeness (QED) is 0.441. The highest BCUT2D eigenvalue weighted by molar-refractivity contribution is 5.92. The number of hydrogen-bond donors (Lipinski definition) is 0. The highest BCUT2D eigenvalue weighted by Crippen LogP contribution is 1.79. The fourth-order valence-corrected chi connectivity index (χ4v) is 0.254. The van der Waals surface area contributed by atoms with E-state index in [1.807, 2.05) is 27.7 Å². The van der Waals surface area contributed by atoms with E-state index in [0.717, 1.165) is 12.1 Å². The van der Waals surface area contributed by atoms with Gasteiger partial charge in [-0.2, -0.15) is 10.2 Å². The minimum absolute atomic E-state index is 0.847. The van der Waals surface area contributed by atoms with Gasteiger partial charge in [0, 0.05) is 6.21 Å². The molecule has 0 amide bonds. The van der Waals surface area contributed by atoms with Crippen LogP contribution in [0.4, 0.5) is 0 Å². The summed E-state index contributed by atoms with van der Waals surface area (Å²) in [6.45, 7) is 11.4. The molecule has 0 fully saturated rings. The average molecular weight is 154 g/mol. The van der Waals surface area contributed by atoms with E-state index in [9.17, 15) is 0 Å². The molecule has 2 heteroatoms. The normalized spacial score (nSPS) is 10.7. The van der Waals surface area contributed by atoms with Crippen molar-refractivity contribution in [3.63, 3.8) is 0 Å². The van der Waals surface area contributed by atoms with Crippen LogP contribution in [-0.2, 0) is 0 Å². The Morgan fingerprint density at radius 1 is 1.45 bits per heavy atom. The fourth-order valence-electron chi connectivity index (χ4n) is 0.254. The van der Waals surface area contributed by atoms with E-state index in [4.69, 9.17) is 0 Å². The third-order valence-corrected chi connectivity index (χ3v) is 0.775. The molecule has 0 saturated carbocycles. The van der Waals surface area contributed by atoms with Crippen LogP contribution < -0.4 is 0 Å². The zero-order valence-corrected chi connectivity index (χ0v) is 7.96. The third kappa shape index (κ3) is 12.3. The van der Waals surface area contributed by atoms with Gasteiger partial charge >= 0.3 is 0 Å². The SMILES string of the molecule is C=C/C(C)=N\N=C/CC.CC. The minimum atomic E-state index is 0.847. The largest absolute Gasteiger partial charge is 0.163 e. The predicted octanol–water partition coefficient (Wildman–Crippen LogP) is 3.06. The molecule has 0 aromatic carbocycles. The van der Waals surface area contributed by atoms with Gasteiger partial charge < -0.3 is 0 Å². The summed E-state index contributed by atoms with van der Waals surface area (Å²) in [6, 6.07) is 0. The van der Waals surface area contributed by atoms with Crippen molar-refractivity contribution in [2.24, 2.45) is 10.2 Å². The molecule has 0 aliphatic heterocycles. The Kier molecular flexibility index (Phi) is 13.7. The summed E-state index contributed by atoms with van der Waals surface area (Å²) in [5, 5.41) is 7.55. The van der Waals surface area contributed by atoms with Crippen molar-refractivity contribution in [1.82, 2.24) is 0 Å². The lowest BCUT2D eigenvalue weighted by Crippen LogP contribution is -1.79. The highest BCUT2D eigenvalue weighted by Gasteiger charge is 1.74. The monoisotopic (exact) mass is 154 g/mol. The molecule has 0 aliphatic carbocycles. The van der Waals surface area contributed by atoms with Gasteiger partial charge in [0.1, 0.15) is 0 Å². The lowest BCUT2D eigenvalue weighted by molar-refractivity contribution is 1.20. The van der Waals surface area contributed by atoms with E-state index in [1.165, 1.54) is 0 Å². The van der Waals surface area contributed by atoms with E-state index in [2.05, 4.69) is 16.8 Å². The van der Waals surface area contributed by atoms with Gasteiger partial charge in [0.15, 0.2) is 0 Å². The second-order valence-corrected chi connectivity index (χ2v) is 1.65. The molecule has 0 aliphatic rings. The Bertz CT molecular complexity index is 134. The molecule has 0 N–H and O–H groups in total. The van der Waals surface area contributed by atoms with Gasteiger partial charge in [-0.15, -0.1) is 0 Å². The van der Waals surface area contributed by atoms with Crippen molar-refractivity contribution in [2.75, 3.05) is 0 Å². The Hall–Kier alpha value is -0.920. The van der Waals surface area contributed by atoms with Crippen molar-refractivity contribution in [1.29, 1.82) is 0 Å². The molecule has 0 saturated heterocycles. The number of hydrogen-bond acceptors (Lipinski definition) is 2. The first-order valence-electron chi connectivity index (χ1n) is 3.99. The topological polar surface area (TPSA) is 24.7 Å². The lowest BCUT2D eigenvalue weighted by Gasteiger charge is -1.81. The first-order valence-corrected chi connectivity index (χ1v) is 3.99. The predicted molar refractivity (Wildman–Crippen MR) is 53.4 cm³/mol. The average Bonchev–Trinajstić information content (AvgIpc) is 2.08. The molecule has 0 atom stereocenters. The molecule has 0 aromatic heterocycles.